The summed E-state index contributed by atoms with van der Waals surface area (Å²) >= 11 is 0. The second kappa shape index (κ2) is 7.36. The Kier molecular flexibility index (Phi) is 4.87. The number of imidazole rings is 1. The van der Waals surface area contributed by atoms with Crippen molar-refractivity contribution >= 4 is 6.20 Å². The highest BCUT2D eigenvalue weighted by Crippen LogP contribution is 2.29. The Morgan fingerprint density at radius 2 is 2.10 bits per heavy atom. The lowest BCUT2D eigenvalue weighted by molar-refractivity contribution is -0.137. The predicted molar refractivity (Wildman–Crippen MR) is 101 cm³/mol. The predicted octanol–water partition coefficient (Wildman–Crippen LogP) is 1.67. The first-order chi connectivity index (χ1) is 13.8. The van der Waals surface area contributed by atoms with Gasteiger partial charge in [-0.15, -0.1) is 0 Å². The van der Waals surface area contributed by atoms with Crippen molar-refractivity contribution in [2.45, 2.75) is 32.4 Å². The SMILES string of the molecule is CCCN1C=c2[nH]c(-c3cnn(Cc4cccc(C(F)(F)F)c4)c3)nc2=NC1N. The molecule has 3 aromatic rings. The van der Waals surface area contributed by atoms with Crippen LogP contribution in [0, 0.1) is 0 Å². The average molecular weight is 403 g/mol. The van der Waals surface area contributed by atoms with Crippen LogP contribution in [0.5, 0.6) is 0 Å². The van der Waals surface area contributed by atoms with Crippen LogP contribution in [-0.4, -0.2) is 37.5 Å². The fourth-order valence-electron chi connectivity index (χ4n) is 3.20. The molecule has 0 spiro atoms. The molecule has 4 rings (SSSR count). The monoisotopic (exact) mass is 403 g/mol. The highest BCUT2D eigenvalue weighted by Gasteiger charge is 2.30. The van der Waals surface area contributed by atoms with Gasteiger partial charge in [-0.25, -0.2) is 9.98 Å². The summed E-state index contributed by atoms with van der Waals surface area (Å²) in [6.07, 6.45) is 1.35. The van der Waals surface area contributed by atoms with Crippen LogP contribution in [0.3, 0.4) is 0 Å². The number of rotatable bonds is 5. The molecule has 1 atom stereocenters. The molecule has 0 saturated carbocycles. The van der Waals surface area contributed by atoms with Crippen molar-refractivity contribution in [2.24, 2.45) is 10.7 Å². The minimum atomic E-state index is -4.37. The van der Waals surface area contributed by atoms with E-state index in [1.54, 1.807) is 23.1 Å². The number of aromatic nitrogens is 4. The zero-order chi connectivity index (χ0) is 20.6. The zero-order valence-electron chi connectivity index (χ0n) is 15.7. The van der Waals surface area contributed by atoms with Crippen LogP contribution in [-0.2, 0) is 12.7 Å². The van der Waals surface area contributed by atoms with E-state index in [1.807, 2.05) is 11.1 Å². The summed E-state index contributed by atoms with van der Waals surface area (Å²) in [6.45, 7) is 3.07. The van der Waals surface area contributed by atoms with Crippen LogP contribution in [0.2, 0.25) is 0 Å². The number of H-pyrrole nitrogens is 1. The molecule has 7 nitrogen and oxygen atoms in total. The van der Waals surface area contributed by atoms with Gasteiger partial charge in [0.15, 0.2) is 11.8 Å². The molecule has 0 fully saturated rings. The summed E-state index contributed by atoms with van der Waals surface area (Å²) in [7, 11) is 0. The Bertz CT molecular complexity index is 1130. The third kappa shape index (κ3) is 4.02. The normalized spacial score (nSPS) is 16.3. The summed E-state index contributed by atoms with van der Waals surface area (Å²) in [5, 5.41) is 5.01. The maximum absolute atomic E-state index is 12.9. The number of benzene rings is 1. The van der Waals surface area contributed by atoms with Crippen molar-refractivity contribution in [3.05, 3.63) is 58.6 Å². The molecule has 0 amide bonds. The maximum atomic E-state index is 12.9. The zero-order valence-corrected chi connectivity index (χ0v) is 15.7. The van der Waals surface area contributed by atoms with Crippen molar-refractivity contribution < 1.29 is 13.2 Å². The molecule has 0 saturated heterocycles. The Hall–Kier alpha value is -3.14. The van der Waals surface area contributed by atoms with Gasteiger partial charge >= 0.3 is 6.18 Å². The van der Waals surface area contributed by atoms with Crippen LogP contribution in [0.4, 0.5) is 13.2 Å². The number of nitrogens with two attached hydrogens (primary N) is 1. The van der Waals surface area contributed by atoms with E-state index < -0.39 is 18.0 Å². The van der Waals surface area contributed by atoms with Gasteiger partial charge in [-0.3, -0.25) is 10.4 Å². The topological polar surface area (TPSA) is 88.1 Å². The first kappa shape index (κ1) is 19.2. The van der Waals surface area contributed by atoms with Crippen LogP contribution in [0.25, 0.3) is 17.6 Å². The van der Waals surface area contributed by atoms with Gasteiger partial charge in [-0.2, -0.15) is 18.3 Å². The molecule has 1 aliphatic heterocycles. The number of hydrogen-bond donors (Lipinski definition) is 2. The van der Waals surface area contributed by atoms with Crippen molar-refractivity contribution in [1.29, 1.82) is 0 Å². The number of hydrogen-bond acceptors (Lipinski definition) is 5. The molecule has 3 heterocycles. The van der Waals surface area contributed by atoms with E-state index in [4.69, 9.17) is 5.73 Å². The van der Waals surface area contributed by atoms with E-state index in [2.05, 4.69) is 27.0 Å². The summed E-state index contributed by atoms with van der Waals surface area (Å²) in [5.41, 5.74) is 7.12. The molecule has 1 unspecified atom stereocenters. The Morgan fingerprint density at radius 1 is 1.28 bits per heavy atom. The van der Waals surface area contributed by atoms with Crippen LogP contribution in [0.15, 0.2) is 41.7 Å². The van der Waals surface area contributed by atoms with Crippen LogP contribution >= 0.6 is 0 Å². The highest BCUT2D eigenvalue weighted by atomic mass is 19.4. The van der Waals surface area contributed by atoms with E-state index in [9.17, 15) is 13.2 Å². The van der Waals surface area contributed by atoms with E-state index in [1.165, 1.54) is 6.07 Å². The summed E-state index contributed by atoms with van der Waals surface area (Å²) in [5.74, 6) is 0.579. The minimum absolute atomic E-state index is 0.218. The number of halogens is 3. The Labute approximate surface area is 164 Å². The van der Waals surface area contributed by atoms with Gasteiger partial charge in [-0.1, -0.05) is 19.1 Å². The smallest absolute Gasteiger partial charge is 0.342 e. The molecule has 10 heteroatoms. The molecule has 3 N–H and O–H groups in total. The van der Waals surface area contributed by atoms with Gasteiger partial charge in [-0.05, 0) is 24.1 Å². The van der Waals surface area contributed by atoms with Gasteiger partial charge in [0, 0.05) is 18.9 Å². The maximum Gasteiger partial charge on any atom is 0.416 e. The molecular weight excluding hydrogens is 383 g/mol. The average Bonchev–Trinajstić information content (AvgIpc) is 3.28. The number of nitrogens with zero attached hydrogens (tertiary/aromatic N) is 5. The number of nitrogens with one attached hydrogen (secondary N) is 1. The van der Waals surface area contributed by atoms with Crippen molar-refractivity contribution in [3.63, 3.8) is 0 Å². The first-order valence-electron chi connectivity index (χ1n) is 9.19. The lowest BCUT2D eigenvalue weighted by Gasteiger charge is -2.24. The van der Waals surface area contributed by atoms with Crippen molar-refractivity contribution in [1.82, 2.24) is 24.6 Å². The molecule has 0 bridgehead atoms. The largest absolute Gasteiger partial charge is 0.416 e. The van der Waals surface area contributed by atoms with Gasteiger partial charge in [0.1, 0.15) is 11.2 Å². The molecule has 29 heavy (non-hydrogen) atoms. The molecule has 1 aliphatic rings. The third-order valence-electron chi connectivity index (χ3n) is 4.59. The number of fused-ring (bicyclic) bond motifs is 1. The Morgan fingerprint density at radius 3 is 2.86 bits per heavy atom. The molecule has 0 aliphatic carbocycles. The molecule has 152 valence electrons. The number of aromatic amines is 1. The molecule has 0 radical (unpaired) electrons. The molecule has 2 aromatic heterocycles. The standard InChI is InChI=1S/C19H20F3N7/c1-2-6-28-11-15-17(27-18(28)23)26-16(25-15)13-8-24-29(10-13)9-12-4-3-5-14(7-12)19(20,21)22/h3-5,7-8,10-11,18H,2,6,9,23H2,1H3,(H,25,26,27). The van der Waals surface area contributed by atoms with Crippen molar-refractivity contribution in [3.8, 4) is 11.4 Å². The minimum Gasteiger partial charge on any atom is -0.342 e. The van der Waals surface area contributed by atoms with Crippen molar-refractivity contribution in [2.75, 3.05) is 6.54 Å². The molecular formula is C19H20F3N7. The van der Waals surface area contributed by atoms with Crippen LogP contribution in [0.1, 0.15) is 24.5 Å². The van der Waals surface area contributed by atoms with Gasteiger partial charge < -0.3 is 9.88 Å². The first-order valence-corrected chi connectivity index (χ1v) is 9.19. The lowest BCUT2D eigenvalue weighted by atomic mass is 10.1. The second-order valence-electron chi connectivity index (χ2n) is 6.86. The van der Waals surface area contributed by atoms with E-state index in [0.29, 0.717) is 22.4 Å². The van der Waals surface area contributed by atoms with E-state index >= 15 is 0 Å². The summed E-state index contributed by atoms with van der Waals surface area (Å²) < 4.78 is 40.2. The third-order valence-corrected chi connectivity index (χ3v) is 4.59. The van der Waals surface area contributed by atoms with Crippen LogP contribution < -0.4 is 16.6 Å². The molecule has 1 aromatic carbocycles. The van der Waals surface area contributed by atoms with Gasteiger partial charge in [0.25, 0.3) is 0 Å². The highest BCUT2D eigenvalue weighted by molar-refractivity contribution is 5.52. The van der Waals surface area contributed by atoms with Gasteiger partial charge in [0.2, 0.25) is 0 Å². The van der Waals surface area contributed by atoms with E-state index in [-0.39, 0.29) is 6.54 Å². The fourth-order valence-corrected chi connectivity index (χ4v) is 3.20. The summed E-state index contributed by atoms with van der Waals surface area (Å²) in [4.78, 5) is 14.0. The van der Waals surface area contributed by atoms with E-state index in [0.717, 1.165) is 30.4 Å². The fraction of sp³-hybridized carbons (Fsp3) is 0.316. The quantitative estimate of drug-likeness (QED) is 0.678. The van der Waals surface area contributed by atoms with Gasteiger partial charge in [0.05, 0.1) is 23.9 Å². The number of alkyl halides is 3. The Balaban J connectivity index is 1.58. The second-order valence-corrected chi connectivity index (χ2v) is 6.86. The lowest BCUT2D eigenvalue weighted by Crippen LogP contribution is -2.46. The summed E-state index contributed by atoms with van der Waals surface area (Å²) in [6, 6.07) is 5.22.